The summed E-state index contributed by atoms with van der Waals surface area (Å²) in [6.45, 7) is 0. The first-order valence-corrected chi connectivity index (χ1v) is 5.66. The van der Waals surface area contributed by atoms with Crippen LogP contribution in [-0.2, 0) is 0 Å². The van der Waals surface area contributed by atoms with Gasteiger partial charge in [0.1, 0.15) is 5.75 Å². The van der Waals surface area contributed by atoms with Gasteiger partial charge in [-0.3, -0.25) is 5.43 Å². The molecule has 0 aliphatic rings. The summed E-state index contributed by atoms with van der Waals surface area (Å²) in [7, 11) is 0. The second-order valence-corrected chi connectivity index (χ2v) is 3.90. The predicted molar refractivity (Wildman–Crippen MR) is 70.7 cm³/mol. The van der Waals surface area contributed by atoms with Crippen LogP contribution in [0.5, 0.6) is 5.75 Å². The van der Waals surface area contributed by atoms with Gasteiger partial charge in [0.2, 0.25) is 0 Å². The number of rotatable bonds is 3. The summed E-state index contributed by atoms with van der Waals surface area (Å²) in [6.07, 6.45) is -0.587. The largest absolute Gasteiger partial charge is 0.431 e. The average Bonchev–Trinajstić information content (AvgIpc) is 2.39. The lowest BCUT2D eigenvalue weighted by Crippen LogP contribution is -2.32. The van der Waals surface area contributed by atoms with Crippen molar-refractivity contribution in [2.75, 3.05) is 5.43 Å². The summed E-state index contributed by atoms with van der Waals surface area (Å²) in [4.78, 5) is 11.4. The van der Waals surface area contributed by atoms with E-state index in [1.807, 2.05) is 6.07 Å². The summed E-state index contributed by atoms with van der Waals surface area (Å²) in [5.74, 6) is 0.480. The third-order valence-electron chi connectivity index (χ3n) is 2.11. The van der Waals surface area contributed by atoms with E-state index in [1.54, 1.807) is 48.5 Å². The van der Waals surface area contributed by atoms with Gasteiger partial charge in [-0.05, 0) is 36.4 Å². The molecule has 0 fully saturated rings. The van der Waals surface area contributed by atoms with Crippen molar-refractivity contribution >= 4 is 23.4 Å². The van der Waals surface area contributed by atoms with Gasteiger partial charge in [0.25, 0.3) is 0 Å². The van der Waals surface area contributed by atoms with E-state index in [0.717, 1.165) is 0 Å². The molecule has 5 heteroatoms. The van der Waals surface area contributed by atoms with Gasteiger partial charge in [0.05, 0.1) is 5.69 Å². The molecule has 2 rings (SSSR count). The van der Waals surface area contributed by atoms with Crippen LogP contribution in [0.15, 0.2) is 54.6 Å². The number of ether oxygens (including phenoxy) is 1. The molecule has 0 aromatic heterocycles. The van der Waals surface area contributed by atoms with E-state index in [0.29, 0.717) is 16.5 Å². The minimum Gasteiger partial charge on any atom is -0.409 e. The van der Waals surface area contributed by atoms with Crippen LogP contribution in [-0.4, -0.2) is 6.09 Å². The molecule has 2 aromatic carbocycles. The van der Waals surface area contributed by atoms with E-state index in [4.69, 9.17) is 16.3 Å². The van der Waals surface area contributed by atoms with E-state index >= 15 is 0 Å². The number of benzene rings is 2. The van der Waals surface area contributed by atoms with E-state index in [-0.39, 0.29) is 0 Å². The molecule has 0 saturated carbocycles. The fourth-order valence-corrected chi connectivity index (χ4v) is 1.40. The third kappa shape index (κ3) is 3.68. The van der Waals surface area contributed by atoms with Gasteiger partial charge in [-0.1, -0.05) is 29.8 Å². The predicted octanol–water partition coefficient (Wildman–Crippen LogP) is 3.46. The topological polar surface area (TPSA) is 50.4 Å². The van der Waals surface area contributed by atoms with Crippen molar-refractivity contribution in [3.8, 4) is 5.75 Å². The number of hydrazine groups is 1. The normalized spacial score (nSPS) is 9.61. The summed E-state index contributed by atoms with van der Waals surface area (Å²) in [5, 5.41) is 0.632. The molecule has 0 spiro atoms. The molecular weight excluding hydrogens is 252 g/mol. The van der Waals surface area contributed by atoms with Gasteiger partial charge < -0.3 is 4.74 Å². The molecule has 92 valence electrons. The Labute approximate surface area is 110 Å². The van der Waals surface area contributed by atoms with Crippen LogP contribution in [0, 0.1) is 0 Å². The Hall–Kier alpha value is -2.20. The Bertz CT molecular complexity index is 514. The van der Waals surface area contributed by atoms with Gasteiger partial charge in [-0.25, -0.2) is 10.2 Å². The van der Waals surface area contributed by atoms with Crippen molar-refractivity contribution in [2.24, 2.45) is 0 Å². The molecule has 18 heavy (non-hydrogen) atoms. The molecule has 2 N–H and O–H groups in total. The Balaban J connectivity index is 1.83. The maximum atomic E-state index is 11.4. The van der Waals surface area contributed by atoms with Crippen molar-refractivity contribution in [3.63, 3.8) is 0 Å². The summed E-state index contributed by atoms with van der Waals surface area (Å²) >= 11 is 5.74. The van der Waals surface area contributed by atoms with E-state index in [2.05, 4.69) is 10.9 Å². The number of halogens is 1. The molecule has 0 unspecified atom stereocenters. The van der Waals surface area contributed by atoms with Gasteiger partial charge in [-0.2, -0.15) is 0 Å². The Morgan fingerprint density at radius 3 is 2.33 bits per heavy atom. The Morgan fingerprint density at radius 1 is 1.00 bits per heavy atom. The van der Waals surface area contributed by atoms with E-state index in [9.17, 15) is 4.79 Å². The minimum absolute atomic E-state index is 0.480. The number of nitrogens with one attached hydrogen (secondary N) is 2. The first-order valence-electron chi connectivity index (χ1n) is 5.28. The maximum absolute atomic E-state index is 11.4. The van der Waals surface area contributed by atoms with Crippen molar-refractivity contribution in [1.82, 2.24) is 5.43 Å². The SMILES string of the molecule is O=C(NNc1ccc(Cl)cc1)Oc1ccccc1. The van der Waals surface area contributed by atoms with Crippen LogP contribution in [0.3, 0.4) is 0 Å². The van der Waals surface area contributed by atoms with Crippen LogP contribution in [0.1, 0.15) is 0 Å². The average molecular weight is 263 g/mol. The molecule has 0 aliphatic carbocycles. The minimum atomic E-state index is -0.587. The van der Waals surface area contributed by atoms with Crippen molar-refractivity contribution in [1.29, 1.82) is 0 Å². The molecule has 0 bridgehead atoms. The van der Waals surface area contributed by atoms with Crippen molar-refractivity contribution in [2.45, 2.75) is 0 Å². The summed E-state index contributed by atoms with van der Waals surface area (Å²) in [6, 6.07) is 15.7. The first-order chi connectivity index (χ1) is 8.74. The molecule has 2 aromatic rings. The highest BCUT2D eigenvalue weighted by Crippen LogP contribution is 2.12. The number of carbonyl (C=O) groups is 1. The number of hydrogen-bond donors (Lipinski definition) is 2. The molecule has 0 aliphatic heterocycles. The Morgan fingerprint density at radius 2 is 1.67 bits per heavy atom. The highest BCUT2D eigenvalue weighted by Gasteiger charge is 2.02. The van der Waals surface area contributed by atoms with Gasteiger partial charge in [-0.15, -0.1) is 0 Å². The van der Waals surface area contributed by atoms with Crippen LogP contribution in [0.25, 0.3) is 0 Å². The quantitative estimate of drug-likeness (QED) is 0.833. The lowest BCUT2D eigenvalue weighted by Gasteiger charge is -2.08. The van der Waals surface area contributed by atoms with Crippen LogP contribution in [0.2, 0.25) is 5.02 Å². The zero-order valence-electron chi connectivity index (χ0n) is 9.39. The van der Waals surface area contributed by atoms with Crippen LogP contribution in [0.4, 0.5) is 10.5 Å². The molecular formula is C13H11ClN2O2. The van der Waals surface area contributed by atoms with Crippen LogP contribution >= 0.6 is 11.6 Å². The van der Waals surface area contributed by atoms with Gasteiger partial charge in [0, 0.05) is 5.02 Å². The molecule has 0 saturated heterocycles. The first kappa shape index (κ1) is 12.3. The fraction of sp³-hybridized carbons (Fsp3) is 0. The van der Waals surface area contributed by atoms with Crippen molar-refractivity contribution < 1.29 is 9.53 Å². The third-order valence-corrected chi connectivity index (χ3v) is 2.36. The molecule has 4 nitrogen and oxygen atoms in total. The van der Waals surface area contributed by atoms with Crippen LogP contribution < -0.4 is 15.6 Å². The molecule has 0 heterocycles. The number of carbonyl (C=O) groups excluding carboxylic acids is 1. The summed E-state index contributed by atoms with van der Waals surface area (Å²) in [5.41, 5.74) is 5.83. The van der Waals surface area contributed by atoms with Gasteiger partial charge in [0.15, 0.2) is 0 Å². The standard InChI is InChI=1S/C13H11ClN2O2/c14-10-6-8-11(9-7-10)15-16-13(17)18-12-4-2-1-3-5-12/h1-9,15H,(H,16,17). The number of anilines is 1. The molecule has 0 atom stereocenters. The second kappa shape index (κ2) is 5.93. The van der Waals surface area contributed by atoms with Gasteiger partial charge >= 0.3 is 6.09 Å². The molecule has 1 amide bonds. The highest BCUT2D eigenvalue weighted by molar-refractivity contribution is 6.30. The fourth-order valence-electron chi connectivity index (χ4n) is 1.28. The monoisotopic (exact) mass is 262 g/mol. The van der Waals surface area contributed by atoms with E-state index in [1.165, 1.54) is 0 Å². The number of amides is 1. The summed E-state index contributed by atoms with van der Waals surface area (Å²) < 4.78 is 5.02. The second-order valence-electron chi connectivity index (χ2n) is 3.46. The number of hydrogen-bond acceptors (Lipinski definition) is 3. The van der Waals surface area contributed by atoms with Crippen molar-refractivity contribution in [3.05, 3.63) is 59.6 Å². The highest BCUT2D eigenvalue weighted by atomic mass is 35.5. The molecule has 0 radical (unpaired) electrons. The zero-order valence-corrected chi connectivity index (χ0v) is 10.1. The van der Waals surface area contributed by atoms with E-state index < -0.39 is 6.09 Å². The lowest BCUT2D eigenvalue weighted by molar-refractivity contribution is 0.203. The smallest absolute Gasteiger partial charge is 0.409 e. The number of para-hydroxylation sites is 1. The lowest BCUT2D eigenvalue weighted by atomic mass is 10.3. The Kier molecular flexibility index (Phi) is 4.04. The zero-order chi connectivity index (χ0) is 12.8. The maximum Gasteiger partial charge on any atom is 0.431 e.